The molecule has 4 rings (SSSR count). The summed E-state index contributed by atoms with van der Waals surface area (Å²) in [5.41, 5.74) is 4.93. The molecule has 26 heavy (non-hydrogen) atoms. The third-order valence-electron chi connectivity index (χ3n) is 5.47. The minimum absolute atomic E-state index is 0.210. The number of fused-ring (bicyclic) bond motifs is 1. The van der Waals surface area contributed by atoms with Gasteiger partial charge in [-0.1, -0.05) is 41.9 Å². The van der Waals surface area contributed by atoms with Crippen molar-refractivity contribution in [2.45, 2.75) is 32.1 Å². The van der Waals surface area contributed by atoms with E-state index in [1.54, 1.807) is 0 Å². The molecule has 3 aromatic rings. The van der Waals surface area contributed by atoms with Gasteiger partial charge in [-0.05, 0) is 55.0 Å². The molecule has 1 aliphatic heterocycles. The zero-order chi connectivity index (χ0) is 18.1. The average Bonchev–Trinajstić information content (AvgIpc) is 2.99. The number of nitrogens with zero attached hydrogens (tertiary/aromatic N) is 1. The molecule has 1 aromatic heterocycles. The van der Waals surface area contributed by atoms with Crippen LogP contribution in [0.15, 0.2) is 48.5 Å². The van der Waals surface area contributed by atoms with Gasteiger partial charge >= 0.3 is 0 Å². The fourth-order valence-corrected chi connectivity index (χ4v) is 4.26. The lowest BCUT2D eigenvalue weighted by Crippen LogP contribution is -2.38. The fourth-order valence-electron chi connectivity index (χ4n) is 4.13. The minimum atomic E-state index is 0.210. The Labute approximate surface area is 159 Å². The summed E-state index contributed by atoms with van der Waals surface area (Å²) < 4.78 is 0. The van der Waals surface area contributed by atoms with E-state index >= 15 is 0 Å². The molecule has 1 fully saturated rings. The summed E-state index contributed by atoms with van der Waals surface area (Å²) >= 11 is 5.92. The van der Waals surface area contributed by atoms with Gasteiger partial charge in [0.25, 0.3) is 0 Å². The number of H-pyrrole nitrogens is 1. The van der Waals surface area contributed by atoms with Crippen LogP contribution in [0.2, 0.25) is 5.02 Å². The third kappa shape index (κ3) is 3.36. The van der Waals surface area contributed by atoms with Gasteiger partial charge in [-0.3, -0.25) is 4.79 Å². The summed E-state index contributed by atoms with van der Waals surface area (Å²) in [6, 6.07) is 16.1. The predicted octanol–water partition coefficient (Wildman–Crippen LogP) is 5.08. The lowest BCUT2D eigenvalue weighted by Gasteiger charge is -2.32. The van der Waals surface area contributed by atoms with Gasteiger partial charge < -0.3 is 9.88 Å². The molecule has 0 aliphatic carbocycles. The van der Waals surface area contributed by atoms with Crippen LogP contribution < -0.4 is 0 Å². The molecule has 1 saturated heterocycles. The number of aromatic amines is 1. The quantitative estimate of drug-likeness (QED) is 0.689. The molecule has 134 valence electrons. The van der Waals surface area contributed by atoms with Crippen molar-refractivity contribution in [1.29, 1.82) is 0 Å². The number of carbonyl (C=O) groups excluding carboxylic acids is 1. The first-order valence-electron chi connectivity index (χ1n) is 9.21. The molecule has 0 unspecified atom stereocenters. The monoisotopic (exact) mass is 366 g/mol. The summed E-state index contributed by atoms with van der Waals surface area (Å²) in [5, 5.41) is 2.03. The van der Waals surface area contributed by atoms with Crippen LogP contribution in [-0.2, 0) is 11.2 Å². The van der Waals surface area contributed by atoms with Crippen molar-refractivity contribution in [2.24, 2.45) is 0 Å². The Morgan fingerprint density at radius 1 is 1.12 bits per heavy atom. The van der Waals surface area contributed by atoms with Crippen molar-refractivity contribution in [1.82, 2.24) is 9.88 Å². The van der Waals surface area contributed by atoms with Gasteiger partial charge in [0.1, 0.15) is 0 Å². The van der Waals surface area contributed by atoms with Crippen molar-refractivity contribution >= 4 is 28.4 Å². The number of piperidine rings is 1. The number of benzene rings is 2. The molecule has 0 bridgehead atoms. The molecule has 4 heteroatoms. The second-order valence-electron chi connectivity index (χ2n) is 7.17. The molecule has 1 N–H and O–H groups in total. The number of amides is 1. The largest absolute Gasteiger partial charge is 0.358 e. The topological polar surface area (TPSA) is 36.1 Å². The molecule has 1 amide bonds. The Morgan fingerprint density at radius 2 is 1.81 bits per heavy atom. The highest BCUT2D eigenvalue weighted by atomic mass is 35.5. The van der Waals surface area contributed by atoms with E-state index in [2.05, 4.69) is 36.2 Å². The van der Waals surface area contributed by atoms with Crippen molar-refractivity contribution in [3.8, 4) is 0 Å². The van der Waals surface area contributed by atoms with Crippen LogP contribution in [-0.4, -0.2) is 28.9 Å². The third-order valence-corrected chi connectivity index (χ3v) is 5.72. The maximum Gasteiger partial charge on any atom is 0.226 e. The zero-order valence-electron chi connectivity index (χ0n) is 15.0. The standard InChI is InChI=1S/C22H23ClN2O/c1-15-22(19-4-2-3-5-20(19)24-15)17-10-12-25(13-11-17)21(26)14-16-6-8-18(23)9-7-16/h2-9,17,24H,10-14H2,1H3. The van der Waals surface area contributed by atoms with Gasteiger partial charge in [-0.2, -0.15) is 0 Å². The van der Waals surface area contributed by atoms with Gasteiger partial charge in [0, 0.05) is 34.7 Å². The summed E-state index contributed by atoms with van der Waals surface area (Å²) in [7, 11) is 0. The highest BCUT2D eigenvalue weighted by Gasteiger charge is 2.26. The number of rotatable bonds is 3. The van der Waals surface area contributed by atoms with Crippen LogP contribution in [0.5, 0.6) is 0 Å². The number of aromatic nitrogens is 1. The molecular formula is C22H23ClN2O. The van der Waals surface area contributed by atoms with E-state index in [-0.39, 0.29) is 5.91 Å². The summed E-state index contributed by atoms with van der Waals surface area (Å²) in [6.07, 6.45) is 2.50. The number of carbonyl (C=O) groups is 1. The van der Waals surface area contributed by atoms with E-state index in [1.165, 1.54) is 22.2 Å². The van der Waals surface area contributed by atoms with E-state index < -0.39 is 0 Å². The summed E-state index contributed by atoms with van der Waals surface area (Å²) in [5.74, 6) is 0.729. The summed E-state index contributed by atoms with van der Waals surface area (Å²) in [4.78, 5) is 18.1. The zero-order valence-corrected chi connectivity index (χ0v) is 15.7. The van der Waals surface area contributed by atoms with Crippen molar-refractivity contribution in [3.63, 3.8) is 0 Å². The predicted molar refractivity (Wildman–Crippen MR) is 107 cm³/mol. The maximum absolute atomic E-state index is 12.6. The highest BCUT2D eigenvalue weighted by Crippen LogP contribution is 2.35. The van der Waals surface area contributed by atoms with Gasteiger partial charge in [0.15, 0.2) is 0 Å². The van der Waals surface area contributed by atoms with Crippen molar-refractivity contribution in [3.05, 3.63) is 70.4 Å². The van der Waals surface area contributed by atoms with Gasteiger partial charge in [0.2, 0.25) is 5.91 Å². The normalized spacial score (nSPS) is 15.5. The number of halogens is 1. The number of nitrogens with one attached hydrogen (secondary N) is 1. The lowest BCUT2D eigenvalue weighted by molar-refractivity contribution is -0.131. The minimum Gasteiger partial charge on any atom is -0.358 e. The number of hydrogen-bond donors (Lipinski definition) is 1. The van der Waals surface area contributed by atoms with Crippen molar-refractivity contribution in [2.75, 3.05) is 13.1 Å². The van der Waals surface area contributed by atoms with E-state index in [0.717, 1.165) is 31.5 Å². The Hall–Kier alpha value is -2.26. The Bertz CT molecular complexity index is 921. The molecule has 0 spiro atoms. The lowest BCUT2D eigenvalue weighted by atomic mass is 9.87. The molecule has 2 aromatic carbocycles. The molecule has 0 radical (unpaired) electrons. The number of likely N-dealkylation sites (tertiary alicyclic amines) is 1. The van der Waals surface area contributed by atoms with E-state index in [9.17, 15) is 4.79 Å². The van der Waals surface area contributed by atoms with Crippen LogP contribution in [0.25, 0.3) is 10.9 Å². The first-order valence-corrected chi connectivity index (χ1v) is 9.59. The molecule has 1 aliphatic rings. The first-order chi connectivity index (χ1) is 12.6. The van der Waals surface area contributed by atoms with Crippen molar-refractivity contribution < 1.29 is 4.79 Å². The Morgan fingerprint density at radius 3 is 2.54 bits per heavy atom. The van der Waals surface area contributed by atoms with E-state index in [0.29, 0.717) is 17.4 Å². The first kappa shape index (κ1) is 17.2. The van der Waals surface area contributed by atoms with Gasteiger partial charge in [-0.15, -0.1) is 0 Å². The van der Waals surface area contributed by atoms with Crippen LogP contribution in [0.1, 0.15) is 35.6 Å². The molecule has 0 atom stereocenters. The highest BCUT2D eigenvalue weighted by molar-refractivity contribution is 6.30. The van der Waals surface area contributed by atoms with Gasteiger partial charge in [0.05, 0.1) is 6.42 Å². The summed E-state index contributed by atoms with van der Waals surface area (Å²) in [6.45, 7) is 3.82. The maximum atomic E-state index is 12.6. The van der Waals surface area contributed by atoms with E-state index in [1.807, 2.05) is 29.2 Å². The Kier molecular flexibility index (Phi) is 4.73. The van der Waals surface area contributed by atoms with Crippen LogP contribution >= 0.6 is 11.6 Å². The fraction of sp³-hybridized carbons (Fsp3) is 0.318. The number of hydrogen-bond acceptors (Lipinski definition) is 1. The van der Waals surface area contributed by atoms with Crippen LogP contribution in [0, 0.1) is 6.92 Å². The smallest absolute Gasteiger partial charge is 0.226 e. The second kappa shape index (κ2) is 7.16. The molecule has 2 heterocycles. The van der Waals surface area contributed by atoms with Gasteiger partial charge in [-0.25, -0.2) is 0 Å². The van der Waals surface area contributed by atoms with E-state index in [4.69, 9.17) is 11.6 Å². The SMILES string of the molecule is Cc1[nH]c2ccccc2c1C1CCN(C(=O)Cc2ccc(Cl)cc2)CC1. The molecular weight excluding hydrogens is 344 g/mol. The Balaban J connectivity index is 1.43. The second-order valence-corrected chi connectivity index (χ2v) is 7.60. The van der Waals surface area contributed by atoms with Crippen LogP contribution in [0.4, 0.5) is 0 Å². The number of aryl methyl sites for hydroxylation is 1. The number of para-hydroxylation sites is 1. The molecule has 3 nitrogen and oxygen atoms in total. The van der Waals surface area contributed by atoms with Crippen LogP contribution in [0.3, 0.4) is 0 Å². The average molecular weight is 367 g/mol. The molecule has 0 saturated carbocycles.